The number of nitrogens with two attached hydrogens (primary N) is 1. The number of carbonyl (C=O) groups is 1. The first-order valence-corrected chi connectivity index (χ1v) is 5.94. The summed E-state index contributed by atoms with van der Waals surface area (Å²) in [6.45, 7) is -0.00624. The van der Waals surface area contributed by atoms with Crippen molar-refractivity contribution in [1.82, 2.24) is 0 Å². The highest BCUT2D eigenvalue weighted by atomic mass is 19.1. The smallest absolute Gasteiger partial charge is 0.338 e. The van der Waals surface area contributed by atoms with Gasteiger partial charge in [-0.25, -0.2) is 9.18 Å². The molecule has 0 unspecified atom stereocenters. The largest absolute Gasteiger partial charge is 0.497 e. The molecule has 0 aliphatic rings. The highest BCUT2D eigenvalue weighted by Crippen LogP contribution is 2.19. The first kappa shape index (κ1) is 13.9. The second-order valence-corrected chi connectivity index (χ2v) is 4.20. The lowest BCUT2D eigenvalue weighted by Crippen LogP contribution is -2.06. The summed E-state index contributed by atoms with van der Waals surface area (Å²) in [5.74, 6) is -0.438. The fraction of sp³-hybridized carbons (Fsp3) is 0.133. The average Bonchev–Trinajstić information content (AvgIpc) is 2.44. The molecule has 0 radical (unpaired) electrons. The van der Waals surface area contributed by atoms with Crippen LogP contribution in [0.15, 0.2) is 42.5 Å². The number of nitrogen functional groups attached to an aromatic ring is 1. The van der Waals surface area contributed by atoms with Gasteiger partial charge in [0, 0.05) is 11.8 Å². The average molecular weight is 275 g/mol. The van der Waals surface area contributed by atoms with Gasteiger partial charge in [-0.2, -0.15) is 0 Å². The van der Waals surface area contributed by atoms with Crippen molar-refractivity contribution in [3.8, 4) is 5.75 Å². The number of esters is 1. The van der Waals surface area contributed by atoms with Crippen LogP contribution in [0, 0.1) is 5.82 Å². The van der Waals surface area contributed by atoms with Gasteiger partial charge in [0.1, 0.15) is 18.2 Å². The summed E-state index contributed by atoms with van der Waals surface area (Å²) in [5.41, 5.74) is 6.94. The number of halogens is 1. The Balaban J connectivity index is 2.07. The molecule has 104 valence electrons. The Labute approximate surface area is 115 Å². The number of hydrogen-bond acceptors (Lipinski definition) is 4. The van der Waals surface area contributed by atoms with Gasteiger partial charge in [-0.1, -0.05) is 12.1 Å². The molecule has 2 rings (SSSR count). The fourth-order valence-electron chi connectivity index (χ4n) is 1.72. The van der Waals surface area contributed by atoms with Gasteiger partial charge >= 0.3 is 5.97 Å². The molecule has 20 heavy (non-hydrogen) atoms. The number of anilines is 1. The molecule has 5 heteroatoms. The maximum atomic E-state index is 13.0. The minimum Gasteiger partial charge on any atom is -0.497 e. The molecule has 0 spiro atoms. The molecule has 4 nitrogen and oxygen atoms in total. The monoisotopic (exact) mass is 275 g/mol. The molecule has 0 atom stereocenters. The van der Waals surface area contributed by atoms with Crippen LogP contribution < -0.4 is 10.5 Å². The lowest BCUT2D eigenvalue weighted by atomic mass is 10.2. The second kappa shape index (κ2) is 6.06. The molecule has 0 fully saturated rings. The van der Waals surface area contributed by atoms with E-state index in [-0.39, 0.29) is 12.4 Å². The molecule has 0 amide bonds. The minimum absolute atomic E-state index is 0.00624. The quantitative estimate of drug-likeness (QED) is 0.688. The normalized spacial score (nSPS) is 10.1. The fourth-order valence-corrected chi connectivity index (χ4v) is 1.72. The highest BCUT2D eigenvalue weighted by Gasteiger charge is 2.10. The molecule has 2 aromatic rings. The van der Waals surface area contributed by atoms with Crippen molar-refractivity contribution >= 4 is 11.7 Å². The van der Waals surface area contributed by atoms with E-state index in [0.29, 0.717) is 22.6 Å². The third kappa shape index (κ3) is 3.47. The van der Waals surface area contributed by atoms with E-state index in [4.69, 9.17) is 15.2 Å². The van der Waals surface area contributed by atoms with Gasteiger partial charge in [-0.3, -0.25) is 0 Å². The van der Waals surface area contributed by atoms with Gasteiger partial charge < -0.3 is 15.2 Å². The number of carbonyl (C=O) groups excluding carboxylic acids is 1. The molecule has 0 heterocycles. The van der Waals surface area contributed by atoms with Gasteiger partial charge in [0.15, 0.2) is 0 Å². The summed E-state index contributed by atoms with van der Waals surface area (Å²) in [5, 5.41) is 0. The third-order valence-corrected chi connectivity index (χ3v) is 2.66. The van der Waals surface area contributed by atoms with Gasteiger partial charge in [0.2, 0.25) is 0 Å². The van der Waals surface area contributed by atoms with Crippen molar-refractivity contribution in [3.05, 3.63) is 59.4 Å². The van der Waals surface area contributed by atoms with Crippen LogP contribution in [0.1, 0.15) is 15.9 Å². The SMILES string of the molecule is COc1cc(N)cc(C(=O)OCc2cccc(F)c2)c1. The van der Waals surface area contributed by atoms with Crippen LogP contribution in [-0.4, -0.2) is 13.1 Å². The lowest BCUT2D eigenvalue weighted by Gasteiger charge is -2.07. The number of ether oxygens (including phenoxy) is 2. The van der Waals surface area contributed by atoms with E-state index in [1.54, 1.807) is 18.2 Å². The number of rotatable bonds is 4. The summed E-state index contributed by atoms with van der Waals surface area (Å²) in [7, 11) is 1.48. The maximum Gasteiger partial charge on any atom is 0.338 e. The van der Waals surface area contributed by atoms with E-state index in [2.05, 4.69) is 0 Å². The predicted molar refractivity (Wildman–Crippen MR) is 72.9 cm³/mol. The molecule has 0 saturated heterocycles. The molecular formula is C15H14FNO3. The molecular weight excluding hydrogens is 261 g/mol. The third-order valence-electron chi connectivity index (χ3n) is 2.66. The van der Waals surface area contributed by atoms with E-state index in [1.807, 2.05) is 0 Å². The Morgan fingerprint density at radius 1 is 1.25 bits per heavy atom. The van der Waals surface area contributed by atoms with E-state index in [9.17, 15) is 9.18 Å². The Hall–Kier alpha value is -2.56. The molecule has 0 aliphatic heterocycles. The van der Waals surface area contributed by atoms with Crippen LogP contribution in [0.5, 0.6) is 5.75 Å². The van der Waals surface area contributed by atoms with Crippen LogP contribution >= 0.6 is 0 Å². The lowest BCUT2D eigenvalue weighted by molar-refractivity contribution is 0.0472. The Kier molecular flexibility index (Phi) is 4.20. The van der Waals surface area contributed by atoms with Gasteiger partial charge in [-0.05, 0) is 29.8 Å². The van der Waals surface area contributed by atoms with Crippen LogP contribution in [-0.2, 0) is 11.3 Å². The topological polar surface area (TPSA) is 61.5 Å². The molecule has 0 saturated carbocycles. The standard InChI is InChI=1S/C15H14FNO3/c1-19-14-7-11(6-13(17)8-14)15(18)20-9-10-3-2-4-12(16)5-10/h2-8H,9,17H2,1H3. The number of benzene rings is 2. The highest BCUT2D eigenvalue weighted by molar-refractivity contribution is 5.91. The van der Waals surface area contributed by atoms with Crippen molar-refractivity contribution in [2.24, 2.45) is 0 Å². The summed E-state index contributed by atoms with van der Waals surface area (Å²) in [6.07, 6.45) is 0. The summed E-state index contributed by atoms with van der Waals surface area (Å²) < 4.78 is 23.1. The summed E-state index contributed by atoms with van der Waals surface area (Å²) in [4.78, 5) is 11.9. The van der Waals surface area contributed by atoms with E-state index in [0.717, 1.165) is 0 Å². The molecule has 0 aliphatic carbocycles. The van der Waals surface area contributed by atoms with Crippen molar-refractivity contribution < 1.29 is 18.7 Å². The van der Waals surface area contributed by atoms with Crippen LogP contribution in [0.25, 0.3) is 0 Å². The zero-order valence-electron chi connectivity index (χ0n) is 10.9. The van der Waals surface area contributed by atoms with Crippen LogP contribution in [0.3, 0.4) is 0 Å². The second-order valence-electron chi connectivity index (χ2n) is 4.20. The van der Waals surface area contributed by atoms with Crippen LogP contribution in [0.4, 0.5) is 10.1 Å². The van der Waals surface area contributed by atoms with Crippen molar-refractivity contribution in [3.63, 3.8) is 0 Å². The molecule has 2 N–H and O–H groups in total. The van der Waals surface area contributed by atoms with Crippen molar-refractivity contribution in [2.75, 3.05) is 12.8 Å². The van der Waals surface area contributed by atoms with Crippen molar-refractivity contribution in [2.45, 2.75) is 6.61 Å². The zero-order valence-corrected chi connectivity index (χ0v) is 10.9. The van der Waals surface area contributed by atoms with E-state index >= 15 is 0 Å². The van der Waals surface area contributed by atoms with Gasteiger partial charge in [-0.15, -0.1) is 0 Å². The number of methoxy groups -OCH3 is 1. The Bertz CT molecular complexity index is 628. The number of hydrogen-bond donors (Lipinski definition) is 1. The first-order valence-electron chi connectivity index (χ1n) is 5.94. The first-order chi connectivity index (χ1) is 9.58. The molecule has 0 aromatic heterocycles. The Morgan fingerprint density at radius 3 is 2.75 bits per heavy atom. The summed E-state index contributed by atoms with van der Waals surface area (Å²) in [6, 6.07) is 10.5. The van der Waals surface area contributed by atoms with E-state index < -0.39 is 5.97 Å². The van der Waals surface area contributed by atoms with Gasteiger partial charge in [0.05, 0.1) is 12.7 Å². The zero-order chi connectivity index (χ0) is 14.5. The minimum atomic E-state index is -0.542. The molecule has 2 aromatic carbocycles. The summed E-state index contributed by atoms with van der Waals surface area (Å²) >= 11 is 0. The van der Waals surface area contributed by atoms with Crippen LogP contribution in [0.2, 0.25) is 0 Å². The Morgan fingerprint density at radius 2 is 2.05 bits per heavy atom. The molecule has 0 bridgehead atoms. The maximum absolute atomic E-state index is 13.0. The van der Waals surface area contributed by atoms with Gasteiger partial charge in [0.25, 0.3) is 0 Å². The van der Waals surface area contributed by atoms with Crippen molar-refractivity contribution in [1.29, 1.82) is 0 Å². The van der Waals surface area contributed by atoms with E-state index in [1.165, 1.54) is 31.4 Å². The predicted octanol–water partition coefficient (Wildman–Crippen LogP) is 2.77.